The minimum atomic E-state index is -3.79. The second kappa shape index (κ2) is 7.75. The molecule has 1 heterocycles. The molecule has 1 aromatic rings. The fourth-order valence-corrected chi connectivity index (χ4v) is 4.65. The van der Waals surface area contributed by atoms with Crippen LogP contribution in [0.2, 0.25) is 0 Å². The Labute approximate surface area is 153 Å². The van der Waals surface area contributed by atoms with Gasteiger partial charge in [0.1, 0.15) is 6.04 Å². The standard InChI is InChI=1S/C18H24N2O5S/c1-13-5-9-15(10-6-13)26(23,24)20-11-3-2-4-16(20)18(22)25-12-17(21)19-14-7-8-14/h5-6,9-10,14,16H,2-4,7-8,11-12H2,1H3,(H,19,21)/t16-/m1/s1. The topological polar surface area (TPSA) is 92.8 Å². The van der Waals surface area contributed by atoms with E-state index >= 15 is 0 Å². The number of ether oxygens (including phenoxy) is 1. The maximum atomic E-state index is 12.9. The Kier molecular flexibility index (Phi) is 5.62. The molecule has 1 saturated heterocycles. The summed E-state index contributed by atoms with van der Waals surface area (Å²) in [6.07, 6.45) is 3.73. The molecule has 1 amide bonds. The number of nitrogens with zero attached hydrogens (tertiary/aromatic N) is 1. The van der Waals surface area contributed by atoms with Crippen LogP contribution in [0.1, 0.15) is 37.7 Å². The number of aryl methyl sites for hydroxylation is 1. The zero-order valence-electron chi connectivity index (χ0n) is 14.8. The number of piperidine rings is 1. The average Bonchev–Trinajstić information content (AvgIpc) is 3.44. The number of carbonyl (C=O) groups excluding carboxylic acids is 2. The van der Waals surface area contributed by atoms with Gasteiger partial charge in [0.25, 0.3) is 5.91 Å². The van der Waals surface area contributed by atoms with Gasteiger partial charge in [-0.3, -0.25) is 9.59 Å². The summed E-state index contributed by atoms with van der Waals surface area (Å²) >= 11 is 0. The van der Waals surface area contributed by atoms with E-state index in [1.165, 1.54) is 4.31 Å². The maximum absolute atomic E-state index is 12.9. The molecule has 7 nitrogen and oxygen atoms in total. The third-order valence-electron chi connectivity index (χ3n) is 4.64. The minimum Gasteiger partial charge on any atom is -0.454 e. The predicted molar refractivity (Wildman–Crippen MR) is 94.8 cm³/mol. The normalized spacial score (nSPS) is 21.2. The number of esters is 1. The van der Waals surface area contributed by atoms with E-state index in [0.29, 0.717) is 12.8 Å². The molecule has 2 aliphatic rings. The Bertz CT molecular complexity index is 771. The van der Waals surface area contributed by atoms with E-state index < -0.39 is 22.0 Å². The Balaban J connectivity index is 1.69. The average molecular weight is 380 g/mol. The van der Waals surface area contributed by atoms with Crippen LogP contribution >= 0.6 is 0 Å². The third-order valence-corrected chi connectivity index (χ3v) is 6.56. The van der Waals surface area contributed by atoms with Crippen molar-refractivity contribution in [1.29, 1.82) is 0 Å². The molecule has 0 spiro atoms. The number of sulfonamides is 1. The van der Waals surface area contributed by atoms with Gasteiger partial charge in [0.2, 0.25) is 10.0 Å². The van der Waals surface area contributed by atoms with E-state index in [-0.39, 0.29) is 30.0 Å². The quantitative estimate of drug-likeness (QED) is 0.752. The number of hydrogen-bond acceptors (Lipinski definition) is 5. The summed E-state index contributed by atoms with van der Waals surface area (Å²) in [6, 6.07) is 5.85. The number of nitrogens with one attached hydrogen (secondary N) is 1. The molecule has 1 saturated carbocycles. The van der Waals surface area contributed by atoms with Gasteiger partial charge in [-0.05, 0) is 51.2 Å². The SMILES string of the molecule is Cc1ccc(S(=O)(=O)N2CCCC[C@@H]2C(=O)OCC(=O)NC2CC2)cc1. The molecule has 142 valence electrons. The molecule has 1 atom stereocenters. The van der Waals surface area contributed by atoms with E-state index in [4.69, 9.17) is 4.74 Å². The first kappa shape index (κ1) is 18.8. The molecule has 0 unspecified atom stereocenters. The number of hydrogen-bond donors (Lipinski definition) is 1. The summed E-state index contributed by atoms with van der Waals surface area (Å²) in [5.74, 6) is -1.00. The highest BCUT2D eigenvalue weighted by Gasteiger charge is 2.38. The molecule has 0 radical (unpaired) electrons. The van der Waals surface area contributed by atoms with Crippen molar-refractivity contribution >= 4 is 21.9 Å². The Morgan fingerprint density at radius 1 is 1.15 bits per heavy atom. The van der Waals surface area contributed by atoms with E-state index in [1.807, 2.05) is 6.92 Å². The Morgan fingerprint density at radius 2 is 1.85 bits per heavy atom. The first-order chi connectivity index (χ1) is 12.4. The molecule has 1 N–H and O–H groups in total. The first-order valence-electron chi connectivity index (χ1n) is 8.92. The number of benzene rings is 1. The van der Waals surface area contributed by atoms with Gasteiger partial charge in [-0.1, -0.05) is 17.7 Å². The molecular weight excluding hydrogens is 356 g/mol. The lowest BCUT2D eigenvalue weighted by molar-refractivity contribution is -0.153. The zero-order valence-corrected chi connectivity index (χ0v) is 15.6. The monoisotopic (exact) mass is 380 g/mol. The van der Waals surface area contributed by atoms with E-state index in [2.05, 4.69) is 5.32 Å². The van der Waals surface area contributed by atoms with Crippen LogP contribution in [0.3, 0.4) is 0 Å². The van der Waals surface area contributed by atoms with Crippen molar-refractivity contribution in [3.05, 3.63) is 29.8 Å². The summed E-state index contributed by atoms with van der Waals surface area (Å²) in [7, 11) is -3.79. The van der Waals surface area contributed by atoms with Crippen LogP contribution in [0.5, 0.6) is 0 Å². The van der Waals surface area contributed by atoms with Crippen molar-refractivity contribution in [3.8, 4) is 0 Å². The van der Waals surface area contributed by atoms with Crippen molar-refractivity contribution in [2.24, 2.45) is 0 Å². The van der Waals surface area contributed by atoms with Gasteiger partial charge in [0.05, 0.1) is 4.90 Å². The second-order valence-corrected chi connectivity index (χ2v) is 8.78. The van der Waals surface area contributed by atoms with Crippen LogP contribution in [0.4, 0.5) is 0 Å². The van der Waals surface area contributed by atoms with Crippen LogP contribution in [0.25, 0.3) is 0 Å². The fourth-order valence-electron chi connectivity index (χ4n) is 3.00. The largest absolute Gasteiger partial charge is 0.454 e. The Hall–Kier alpha value is -1.93. The van der Waals surface area contributed by atoms with E-state index in [1.54, 1.807) is 24.3 Å². The molecule has 0 aromatic heterocycles. The predicted octanol–water partition coefficient (Wildman–Crippen LogP) is 1.36. The second-order valence-electron chi connectivity index (χ2n) is 6.89. The van der Waals surface area contributed by atoms with Gasteiger partial charge < -0.3 is 10.1 Å². The van der Waals surface area contributed by atoms with Gasteiger partial charge in [0.15, 0.2) is 6.61 Å². The molecule has 1 aliphatic heterocycles. The zero-order chi connectivity index (χ0) is 18.7. The van der Waals surface area contributed by atoms with Crippen LogP contribution in [-0.4, -0.2) is 49.8 Å². The Morgan fingerprint density at radius 3 is 2.50 bits per heavy atom. The summed E-state index contributed by atoms with van der Waals surface area (Å²) in [6.45, 7) is 1.78. The lowest BCUT2D eigenvalue weighted by atomic mass is 10.1. The highest BCUT2D eigenvalue weighted by Crippen LogP contribution is 2.26. The van der Waals surface area contributed by atoms with Gasteiger partial charge in [-0.25, -0.2) is 8.42 Å². The van der Waals surface area contributed by atoms with Crippen LogP contribution < -0.4 is 5.32 Å². The first-order valence-corrected chi connectivity index (χ1v) is 10.4. The fraction of sp³-hybridized carbons (Fsp3) is 0.556. The molecule has 2 fully saturated rings. The van der Waals surface area contributed by atoms with Crippen molar-refractivity contribution in [1.82, 2.24) is 9.62 Å². The smallest absolute Gasteiger partial charge is 0.324 e. The minimum absolute atomic E-state index is 0.161. The number of rotatable bonds is 6. The van der Waals surface area contributed by atoms with Gasteiger partial charge in [0, 0.05) is 12.6 Å². The third kappa shape index (κ3) is 4.42. The highest BCUT2D eigenvalue weighted by atomic mass is 32.2. The molecule has 26 heavy (non-hydrogen) atoms. The number of amides is 1. The molecule has 1 aliphatic carbocycles. The van der Waals surface area contributed by atoms with Gasteiger partial charge in [-0.2, -0.15) is 4.31 Å². The van der Waals surface area contributed by atoms with Gasteiger partial charge in [-0.15, -0.1) is 0 Å². The molecule has 0 bridgehead atoms. The molecule has 1 aromatic carbocycles. The van der Waals surface area contributed by atoms with Crippen LogP contribution in [-0.2, 0) is 24.3 Å². The van der Waals surface area contributed by atoms with Crippen molar-refractivity contribution in [3.63, 3.8) is 0 Å². The molecular formula is C18H24N2O5S. The van der Waals surface area contributed by atoms with E-state index in [0.717, 1.165) is 24.8 Å². The summed E-state index contributed by atoms with van der Waals surface area (Å²) in [5.41, 5.74) is 0.959. The summed E-state index contributed by atoms with van der Waals surface area (Å²) in [4.78, 5) is 24.3. The summed E-state index contributed by atoms with van der Waals surface area (Å²) in [5, 5.41) is 2.74. The number of carbonyl (C=O) groups is 2. The lowest BCUT2D eigenvalue weighted by Crippen LogP contribution is -2.49. The van der Waals surface area contributed by atoms with Crippen molar-refractivity contribution < 1.29 is 22.7 Å². The lowest BCUT2D eigenvalue weighted by Gasteiger charge is -2.33. The van der Waals surface area contributed by atoms with Crippen LogP contribution in [0, 0.1) is 6.92 Å². The molecule has 3 rings (SSSR count). The van der Waals surface area contributed by atoms with Crippen LogP contribution in [0.15, 0.2) is 29.2 Å². The molecule has 8 heteroatoms. The summed E-state index contributed by atoms with van der Waals surface area (Å²) < 4.78 is 32.2. The van der Waals surface area contributed by atoms with Crippen molar-refractivity contribution in [2.75, 3.05) is 13.2 Å². The maximum Gasteiger partial charge on any atom is 0.324 e. The highest BCUT2D eigenvalue weighted by molar-refractivity contribution is 7.89. The van der Waals surface area contributed by atoms with Gasteiger partial charge >= 0.3 is 5.97 Å². The van der Waals surface area contributed by atoms with E-state index in [9.17, 15) is 18.0 Å². The van der Waals surface area contributed by atoms with Crippen molar-refractivity contribution in [2.45, 2.75) is 56.0 Å².